The zero-order chi connectivity index (χ0) is 18.7. The SMILES string of the molecule is COCCCNc1cc(NCCC2=CCCCC2)nc(-c2ccccc2)n1. The number of methoxy groups -OCH3 is 1. The zero-order valence-electron chi connectivity index (χ0n) is 16.2. The van der Waals surface area contributed by atoms with E-state index in [9.17, 15) is 0 Å². The molecule has 1 aliphatic carbocycles. The first-order valence-electron chi connectivity index (χ1n) is 9.94. The van der Waals surface area contributed by atoms with Gasteiger partial charge in [-0.25, -0.2) is 9.97 Å². The molecule has 0 radical (unpaired) electrons. The van der Waals surface area contributed by atoms with Gasteiger partial charge in [0.1, 0.15) is 11.6 Å². The van der Waals surface area contributed by atoms with Gasteiger partial charge in [0, 0.05) is 38.4 Å². The average Bonchev–Trinajstić information content (AvgIpc) is 2.73. The van der Waals surface area contributed by atoms with Crippen LogP contribution in [-0.4, -0.2) is 36.8 Å². The van der Waals surface area contributed by atoms with E-state index in [2.05, 4.69) is 21.7 Å². The number of ether oxygens (including phenoxy) is 1. The molecule has 1 heterocycles. The summed E-state index contributed by atoms with van der Waals surface area (Å²) in [5.74, 6) is 2.46. The van der Waals surface area contributed by atoms with E-state index in [0.717, 1.165) is 55.6 Å². The number of anilines is 2. The number of hydrogen-bond donors (Lipinski definition) is 2. The molecule has 27 heavy (non-hydrogen) atoms. The van der Waals surface area contributed by atoms with Crippen molar-refractivity contribution in [3.05, 3.63) is 48.0 Å². The molecule has 0 spiro atoms. The summed E-state index contributed by atoms with van der Waals surface area (Å²) >= 11 is 0. The molecule has 1 aromatic carbocycles. The predicted molar refractivity (Wildman–Crippen MR) is 112 cm³/mol. The summed E-state index contributed by atoms with van der Waals surface area (Å²) in [7, 11) is 1.72. The molecule has 1 aromatic heterocycles. The molecule has 0 aliphatic heterocycles. The van der Waals surface area contributed by atoms with Gasteiger partial charge in [-0.2, -0.15) is 0 Å². The van der Waals surface area contributed by atoms with E-state index < -0.39 is 0 Å². The molecule has 2 aromatic rings. The van der Waals surface area contributed by atoms with Gasteiger partial charge >= 0.3 is 0 Å². The van der Waals surface area contributed by atoms with Crippen LogP contribution in [0.1, 0.15) is 38.5 Å². The van der Waals surface area contributed by atoms with Crippen LogP contribution in [-0.2, 0) is 4.74 Å². The van der Waals surface area contributed by atoms with Crippen LogP contribution in [0.2, 0.25) is 0 Å². The van der Waals surface area contributed by atoms with Gasteiger partial charge < -0.3 is 15.4 Å². The fourth-order valence-corrected chi connectivity index (χ4v) is 3.26. The highest BCUT2D eigenvalue weighted by atomic mass is 16.5. The van der Waals surface area contributed by atoms with Gasteiger partial charge in [0.2, 0.25) is 0 Å². The van der Waals surface area contributed by atoms with Crippen molar-refractivity contribution in [1.29, 1.82) is 0 Å². The van der Waals surface area contributed by atoms with Crippen LogP contribution in [0.25, 0.3) is 11.4 Å². The smallest absolute Gasteiger partial charge is 0.163 e. The van der Waals surface area contributed by atoms with Crippen molar-refractivity contribution in [2.45, 2.75) is 38.5 Å². The largest absolute Gasteiger partial charge is 0.385 e. The van der Waals surface area contributed by atoms with E-state index in [4.69, 9.17) is 9.72 Å². The Kier molecular flexibility index (Phi) is 7.66. The Morgan fingerprint density at radius 1 is 1.00 bits per heavy atom. The van der Waals surface area contributed by atoms with E-state index in [-0.39, 0.29) is 0 Å². The molecule has 5 heteroatoms. The lowest BCUT2D eigenvalue weighted by Crippen LogP contribution is -2.10. The monoisotopic (exact) mass is 366 g/mol. The van der Waals surface area contributed by atoms with Crippen LogP contribution in [0, 0.1) is 0 Å². The highest BCUT2D eigenvalue weighted by Crippen LogP contribution is 2.22. The molecule has 3 rings (SSSR count). The van der Waals surface area contributed by atoms with Crippen molar-refractivity contribution in [2.24, 2.45) is 0 Å². The summed E-state index contributed by atoms with van der Waals surface area (Å²) < 4.78 is 5.12. The number of hydrogen-bond acceptors (Lipinski definition) is 5. The first kappa shape index (κ1) is 19.4. The Balaban J connectivity index is 1.67. The van der Waals surface area contributed by atoms with E-state index >= 15 is 0 Å². The molecule has 0 fully saturated rings. The highest BCUT2D eigenvalue weighted by molar-refractivity contribution is 5.61. The van der Waals surface area contributed by atoms with Gasteiger partial charge in [-0.05, 0) is 38.5 Å². The lowest BCUT2D eigenvalue weighted by atomic mass is 9.97. The molecule has 1 aliphatic rings. The van der Waals surface area contributed by atoms with Crippen LogP contribution in [0.5, 0.6) is 0 Å². The normalized spacial score (nSPS) is 13.9. The van der Waals surface area contributed by atoms with Gasteiger partial charge in [0.15, 0.2) is 5.82 Å². The van der Waals surface area contributed by atoms with Gasteiger partial charge in [0.05, 0.1) is 0 Å². The van der Waals surface area contributed by atoms with Crippen LogP contribution < -0.4 is 10.6 Å². The molecule has 144 valence electrons. The summed E-state index contributed by atoms with van der Waals surface area (Å²) in [5, 5.41) is 6.87. The maximum atomic E-state index is 5.12. The third-order valence-electron chi connectivity index (χ3n) is 4.73. The lowest BCUT2D eigenvalue weighted by Gasteiger charge is -2.14. The second kappa shape index (κ2) is 10.7. The Labute approximate surface area is 162 Å². The molecule has 0 atom stereocenters. The standard InChI is InChI=1S/C22H30N4O/c1-27-16-8-14-23-20-17-21(24-15-13-18-9-4-2-5-10-18)26-22(25-20)19-11-6-3-7-12-19/h3,6-7,9,11-12,17H,2,4-5,8,10,13-16H2,1H3,(H2,23,24,25,26). The average molecular weight is 367 g/mol. The summed E-state index contributed by atoms with van der Waals surface area (Å²) in [6.45, 7) is 2.47. The fraction of sp³-hybridized carbons (Fsp3) is 0.455. The summed E-state index contributed by atoms with van der Waals surface area (Å²) in [5.41, 5.74) is 2.60. The third-order valence-corrected chi connectivity index (χ3v) is 4.73. The molecule has 0 amide bonds. The summed E-state index contributed by atoms with van der Waals surface area (Å²) in [6, 6.07) is 12.1. The first-order chi connectivity index (χ1) is 13.3. The maximum Gasteiger partial charge on any atom is 0.163 e. The highest BCUT2D eigenvalue weighted by Gasteiger charge is 2.08. The predicted octanol–water partition coefficient (Wildman–Crippen LogP) is 4.89. The number of allylic oxidation sites excluding steroid dienone is 1. The van der Waals surface area contributed by atoms with Crippen molar-refractivity contribution in [2.75, 3.05) is 37.4 Å². The number of nitrogens with zero attached hydrogens (tertiary/aromatic N) is 2. The fourth-order valence-electron chi connectivity index (χ4n) is 3.26. The van der Waals surface area contributed by atoms with Crippen LogP contribution in [0.4, 0.5) is 11.6 Å². The second-order valence-corrected chi connectivity index (χ2v) is 6.89. The number of nitrogens with one attached hydrogen (secondary N) is 2. The van der Waals surface area contributed by atoms with Crippen molar-refractivity contribution < 1.29 is 4.74 Å². The van der Waals surface area contributed by atoms with Gasteiger partial charge in [-0.1, -0.05) is 42.0 Å². The van der Waals surface area contributed by atoms with Crippen LogP contribution in [0.15, 0.2) is 48.0 Å². The van der Waals surface area contributed by atoms with Gasteiger partial charge in [-0.3, -0.25) is 0 Å². The Morgan fingerprint density at radius 3 is 2.48 bits per heavy atom. The number of benzene rings is 1. The maximum absolute atomic E-state index is 5.12. The Morgan fingerprint density at radius 2 is 1.78 bits per heavy atom. The molecule has 2 N–H and O–H groups in total. The van der Waals surface area contributed by atoms with E-state index in [1.165, 1.54) is 25.7 Å². The summed E-state index contributed by atoms with van der Waals surface area (Å²) in [4.78, 5) is 9.41. The topological polar surface area (TPSA) is 59.1 Å². The number of rotatable bonds is 10. The molecule has 0 saturated heterocycles. The van der Waals surface area contributed by atoms with Gasteiger partial charge in [0.25, 0.3) is 0 Å². The van der Waals surface area contributed by atoms with E-state index in [1.807, 2.05) is 36.4 Å². The first-order valence-corrected chi connectivity index (χ1v) is 9.94. The van der Waals surface area contributed by atoms with Crippen molar-refractivity contribution in [3.8, 4) is 11.4 Å². The summed E-state index contributed by atoms with van der Waals surface area (Å²) in [6.07, 6.45) is 9.57. The quantitative estimate of drug-likeness (QED) is 0.463. The zero-order valence-corrected chi connectivity index (χ0v) is 16.2. The minimum atomic E-state index is 0.740. The minimum absolute atomic E-state index is 0.740. The Bertz CT molecular complexity index is 730. The van der Waals surface area contributed by atoms with Gasteiger partial charge in [-0.15, -0.1) is 0 Å². The van der Waals surface area contributed by atoms with Crippen LogP contribution >= 0.6 is 0 Å². The minimum Gasteiger partial charge on any atom is -0.385 e. The molecule has 0 saturated carbocycles. The lowest BCUT2D eigenvalue weighted by molar-refractivity contribution is 0.198. The molecular formula is C22H30N4O. The third kappa shape index (κ3) is 6.36. The molecule has 0 unspecified atom stereocenters. The Hall–Kier alpha value is -2.40. The molecule has 5 nitrogen and oxygen atoms in total. The van der Waals surface area contributed by atoms with E-state index in [0.29, 0.717) is 0 Å². The molecule has 0 bridgehead atoms. The molecular weight excluding hydrogens is 336 g/mol. The second-order valence-electron chi connectivity index (χ2n) is 6.89. The number of aromatic nitrogens is 2. The van der Waals surface area contributed by atoms with Crippen LogP contribution in [0.3, 0.4) is 0 Å². The van der Waals surface area contributed by atoms with Crippen molar-refractivity contribution in [3.63, 3.8) is 0 Å². The van der Waals surface area contributed by atoms with Crippen molar-refractivity contribution in [1.82, 2.24) is 9.97 Å². The van der Waals surface area contributed by atoms with E-state index in [1.54, 1.807) is 12.7 Å². The van der Waals surface area contributed by atoms with Crippen molar-refractivity contribution >= 4 is 11.6 Å².